The van der Waals surface area contributed by atoms with Gasteiger partial charge < -0.3 is 10.2 Å². The van der Waals surface area contributed by atoms with Crippen molar-refractivity contribution < 1.29 is 10.2 Å². The summed E-state index contributed by atoms with van der Waals surface area (Å²) in [5.41, 5.74) is 0. The molecule has 0 aromatic rings. The summed E-state index contributed by atoms with van der Waals surface area (Å²) in [6.45, 7) is 4.37. The lowest BCUT2D eigenvalue weighted by Gasteiger charge is -2.24. The molecule has 1 aliphatic rings. The van der Waals surface area contributed by atoms with Crippen LogP contribution in [0, 0.1) is 17.8 Å². The van der Waals surface area contributed by atoms with Crippen LogP contribution in [0.15, 0.2) is 12.2 Å². The Bertz CT molecular complexity index is 177. The van der Waals surface area contributed by atoms with Gasteiger partial charge in [0.05, 0.1) is 6.10 Å². The maximum absolute atomic E-state index is 9.90. The van der Waals surface area contributed by atoms with E-state index in [0.29, 0.717) is 5.92 Å². The summed E-state index contributed by atoms with van der Waals surface area (Å²) in [4.78, 5) is 0. The highest BCUT2D eigenvalue weighted by Crippen LogP contribution is 2.28. The van der Waals surface area contributed by atoms with Gasteiger partial charge >= 0.3 is 0 Å². The molecule has 0 saturated heterocycles. The molecule has 0 heterocycles. The maximum Gasteiger partial charge on any atom is 0.0629 e. The highest BCUT2D eigenvalue weighted by molar-refractivity contribution is 4.98. The molecule has 0 aromatic heterocycles. The van der Waals surface area contributed by atoms with Gasteiger partial charge in [-0.1, -0.05) is 26.0 Å². The van der Waals surface area contributed by atoms with E-state index in [2.05, 4.69) is 19.1 Å². The van der Waals surface area contributed by atoms with E-state index in [4.69, 9.17) is 5.11 Å². The molecule has 2 nitrogen and oxygen atoms in total. The van der Waals surface area contributed by atoms with Crippen LogP contribution in [0.3, 0.4) is 0 Å². The average molecular weight is 184 g/mol. The molecule has 0 saturated carbocycles. The molecule has 2 heteroatoms. The minimum Gasteiger partial charge on any atom is -0.396 e. The van der Waals surface area contributed by atoms with Crippen molar-refractivity contribution in [2.24, 2.45) is 17.8 Å². The molecule has 4 atom stereocenters. The Balaban J connectivity index is 2.62. The quantitative estimate of drug-likeness (QED) is 0.640. The fourth-order valence-corrected chi connectivity index (χ4v) is 2.06. The second kappa shape index (κ2) is 4.77. The Labute approximate surface area is 80.3 Å². The van der Waals surface area contributed by atoms with Crippen LogP contribution in [0.5, 0.6) is 0 Å². The Morgan fingerprint density at radius 3 is 2.62 bits per heavy atom. The van der Waals surface area contributed by atoms with Crippen molar-refractivity contribution in [3.8, 4) is 0 Å². The van der Waals surface area contributed by atoms with Crippen molar-refractivity contribution in [1.82, 2.24) is 0 Å². The molecule has 0 unspecified atom stereocenters. The summed E-state index contributed by atoms with van der Waals surface area (Å²) in [5, 5.41) is 18.8. The van der Waals surface area contributed by atoms with Crippen LogP contribution in [-0.4, -0.2) is 22.9 Å². The second-order valence-electron chi connectivity index (χ2n) is 4.22. The zero-order valence-corrected chi connectivity index (χ0v) is 8.48. The summed E-state index contributed by atoms with van der Waals surface area (Å²) in [5.74, 6) is 1.00. The van der Waals surface area contributed by atoms with E-state index < -0.39 is 0 Å². The van der Waals surface area contributed by atoms with Crippen LogP contribution in [0.1, 0.15) is 26.7 Å². The van der Waals surface area contributed by atoms with Crippen LogP contribution >= 0.6 is 0 Å². The molecule has 2 N–H and O–H groups in total. The summed E-state index contributed by atoms with van der Waals surface area (Å²) in [7, 11) is 0. The monoisotopic (exact) mass is 184 g/mol. The summed E-state index contributed by atoms with van der Waals surface area (Å²) < 4.78 is 0. The van der Waals surface area contributed by atoms with E-state index >= 15 is 0 Å². The highest BCUT2D eigenvalue weighted by Gasteiger charge is 2.26. The van der Waals surface area contributed by atoms with E-state index in [0.717, 1.165) is 12.8 Å². The Kier molecular flexibility index (Phi) is 3.94. The van der Waals surface area contributed by atoms with E-state index in [1.54, 1.807) is 0 Å². The standard InChI is InChI=1S/C11H20O2/c1-8-3-4-9(2)11(13)10(7-8)5-6-12/h3-4,8-13H,5-7H2,1-2H3/t8-,9-,10-,11+/m1/s1. The van der Waals surface area contributed by atoms with Crippen molar-refractivity contribution in [3.05, 3.63) is 12.2 Å². The Morgan fingerprint density at radius 2 is 2.00 bits per heavy atom. The second-order valence-corrected chi connectivity index (χ2v) is 4.22. The van der Waals surface area contributed by atoms with E-state index in [1.807, 2.05) is 6.92 Å². The summed E-state index contributed by atoms with van der Waals surface area (Å²) in [6, 6.07) is 0. The Morgan fingerprint density at radius 1 is 1.31 bits per heavy atom. The minimum atomic E-state index is -0.284. The average Bonchev–Trinajstić information content (AvgIpc) is 2.21. The van der Waals surface area contributed by atoms with Crippen molar-refractivity contribution in [1.29, 1.82) is 0 Å². The molecule has 0 radical (unpaired) electrons. The van der Waals surface area contributed by atoms with Crippen molar-refractivity contribution in [3.63, 3.8) is 0 Å². The third-order valence-corrected chi connectivity index (χ3v) is 2.94. The van der Waals surface area contributed by atoms with E-state index in [-0.39, 0.29) is 24.5 Å². The molecular formula is C11H20O2. The van der Waals surface area contributed by atoms with Gasteiger partial charge in [-0.3, -0.25) is 0 Å². The zero-order chi connectivity index (χ0) is 9.84. The summed E-state index contributed by atoms with van der Waals surface area (Å²) >= 11 is 0. The molecule has 1 rings (SSSR count). The van der Waals surface area contributed by atoms with Crippen molar-refractivity contribution >= 4 is 0 Å². The first-order valence-corrected chi connectivity index (χ1v) is 5.12. The molecule has 0 aliphatic heterocycles. The van der Waals surface area contributed by atoms with Crippen LogP contribution < -0.4 is 0 Å². The molecular weight excluding hydrogens is 164 g/mol. The van der Waals surface area contributed by atoms with Gasteiger partial charge in [0.2, 0.25) is 0 Å². The smallest absolute Gasteiger partial charge is 0.0629 e. The van der Waals surface area contributed by atoms with Gasteiger partial charge in [-0.15, -0.1) is 0 Å². The predicted octanol–water partition coefficient (Wildman–Crippen LogP) is 1.58. The summed E-state index contributed by atoms with van der Waals surface area (Å²) in [6.07, 6.45) is 5.69. The SMILES string of the molecule is C[C@@H]1C=C[C@@H](C)[C@H](O)[C@H](CCO)C1. The van der Waals surface area contributed by atoms with Crippen LogP contribution in [0.25, 0.3) is 0 Å². The van der Waals surface area contributed by atoms with Gasteiger partial charge in [0, 0.05) is 12.5 Å². The topological polar surface area (TPSA) is 40.5 Å². The van der Waals surface area contributed by atoms with E-state index in [1.165, 1.54) is 0 Å². The highest BCUT2D eigenvalue weighted by atomic mass is 16.3. The van der Waals surface area contributed by atoms with Gasteiger partial charge in [0.25, 0.3) is 0 Å². The van der Waals surface area contributed by atoms with Gasteiger partial charge in [0.15, 0.2) is 0 Å². The maximum atomic E-state index is 9.90. The minimum absolute atomic E-state index is 0.182. The molecule has 0 amide bonds. The predicted molar refractivity (Wildman–Crippen MR) is 53.3 cm³/mol. The van der Waals surface area contributed by atoms with Crippen LogP contribution in [0.2, 0.25) is 0 Å². The van der Waals surface area contributed by atoms with Crippen LogP contribution in [-0.2, 0) is 0 Å². The van der Waals surface area contributed by atoms with Gasteiger partial charge in [-0.25, -0.2) is 0 Å². The number of allylic oxidation sites excluding steroid dienone is 1. The lowest BCUT2D eigenvalue weighted by atomic mass is 9.87. The Hall–Kier alpha value is -0.340. The van der Waals surface area contributed by atoms with Gasteiger partial charge in [0.1, 0.15) is 0 Å². The largest absolute Gasteiger partial charge is 0.396 e. The first kappa shape index (κ1) is 10.7. The number of rotatable bonds is 2. The first-order chi connectivity index (χ1) is 6.15. The number of hydrogen-bond acceptors (Lipinski definition) is 2. The normalized spacial score (nSPS) is 40.3. The lowest BCUT2D eigenvalue weighted by Crippen LogP contribution is -2.26. The van der Waals surface area contributed by atoms with Crippen LogP contribution in [0.4, 0.5) is 0 Å². The fraction of sp³-hybridized carbons (Fsp3) is 0.818. The first-order valence-electron chi connectivity index (χ1n) is 5.12. The molecule has 1 aliphatic carbocycles. The molecule has 13 heavy (non-hydrogen) atoms. The zero-order valence-electron chi connectivity index (χ0n) is 8.48. The number of aliphatic hydroxyl groups excluding tert-OH is 2. The molecule has 76 valence electrons. The molecule has 0 spiro atoms. The fourth-order valence-electron chi connectivity index (χ4n) is 2.06. The third kappa shape index (κ3) is 2.82. The number of hydrogen-bond donors (Lipinski definition) is 2. The van der Waals surface area contributed by atoms with Crippen molar-refractivity contribution in [2.45, 2.75) is 32.8 Å². The van der Waals surface area contributed by atoms with Crippen molar-refractivity contribution in [2.75, 3.05) is 6.61 Å². The van der Waals surface area contributed by atoms with Gasteiger partial charge in [-0.2, -0.15) is 0 Å². The van der Waals surface area contributed by atoms with Gasteiger partial charge in [-0.05, 0) is 24.7 Å². The molecule has 0 fully saturated rings. The van der Waals surface area contributed by atoms with E-state index in [9.17, 15) is 5.11 Å². The number of aliphatic hydroxyl groups is 2. The molecule has 0 bridgehead atoms. The third-order valence-electron chi connectivity index (χ3n) is 2.94. The molecule has 0 aromatic carbocycles. The lowest BCUT2D eigenvalue weighted by molar-refractivity contribution is 0.0557.